The summed E-state index contributed by atoms with van der Waals surface area (Å²) in [5.41, 5.74) is 3.72. The average Bonchev–Trinajstić information content (AvgIpc) is 2.73. The molecule has 0 aliphatic rings. The van der Waals surface area contributed by atoms with Gasteiger partial charge in [0.25, 0.3) is 10.1 Å². The van der Waals surface area contributed by atoms with E-state index < -0.39 is 15.9 Å². The SMILES string of the molecule is Cc1cc(CC(=O)NCCS(=O)(=O)O)c(C)n1-c1ccc(Cl)cc1. The molecule has 1 amide bonds. The van der Waals surface area contributed by atoms with E-state index in [1.807, 2.05) is 36.6 Å². The summed E-state index contributed by atoms with van der Waals surface area (Å²) in [4.78, 5) is 11.9. The molecule has 6 nitrogen and oxygen atoms in total. The van der Waals surface area contributed by atoms with Crippen molar-refractivity contribution >= 4 is 27.6 Å². The lowest BCUT2D eigenvalue weighted by atomic mass is 10.1. The summed E-state index contributed by atoms with van der Waals surface area (Å²) in [6, 6.07) is 9.33. The second kappa shape index (κ2) is 7.38. The summed E-state index contributed by atoms with van der Waals surface area (Å²) < 4.78 is 32.0. The van der Waals surface area contributed by atoms with E-state index in [1.54, 1.807) is 12.1 Å². The molecule has 0 aliphatic carbocycles. The molecule has 0 bridgehead atoms. The molecule has 130 valence electrons. The second-order valence-corrected chi connectivity index (χ2v) is 7.53. The van der Waals surface area contributed by atoms with Crippen molar-refractivity contribution < 1.29 is 17.8 Å². The Labute approximate surface area is 146 Å². The van der Waals surface area contributed by atoms with E-state index in [-0.39, 0.29) is 18.9 Å². The molecular weight excluding hydrogens is 352 g/mol. The smallest absolute Gasteiger partial charge is 0.266 e. The summed E-state index contributed by atoms with van der Waals surface area (Å²) in [7, 11) is -4.07. The third-order valence-corrected chi connectivity index (χ3v) is 4.63. The lowest BCUT2D eigenvalue weighted by Crippen LogP contribution is -2.30. The predicted octanol–water partition coefficient (Wildman–Crippen LogP) is 2.29. The Morgan fingerprint density at radius 1 is 1.25 bits per heavy atom. The molecule has 1 aromatic heterocycles. The van der Waals surface area contributed by atoms with Crippen molar-refractivity contribution in [1.29, 1.82) is 0 Å². The van der Waals surface area contributed by atoms with Crippen LogP contribution in [0.1, 0.15) is 17.0 Å². The fourth-order valence-corrected chi connectivity index (χ4v) is 3.04. The highest BCUT2D eigenvalue weighted by atomic mass is 35.5. The summed E-state index contributed by atoms with van der Waals surface area (Å²) >= 11 is 5.91. The summed E-state index contributed by atoms with van der Waals surface area (Å²) in [6.07, 6.45) is 0.138. The van der Waals surface area contributed by atoms with Gasteiger partial charge in [-0.05, 0) is 49.7 Å². The summed E-state index contributed by atoms with van der Waals surface area (Å²) in [6.45, 7) is 3.75. The van der Waals surface area contributed by atoms with E-state index in [9.17, 15) is 13.2 Å². The fraction of sp³-hybridized carbons (Fsp3) is 0.312. The number of aromatic nitrogens is 1. The Kier molecular flexibility index (Phi) is 5.69. The van der Waals surface area contributed by atoms with Crippen molar-refractivity contribution in [2.45, 2.75) is 20.3 Å². The predicted molar refractivity (Wildman–Crippen MR) is 93.4 cm³/mol. The lowest BCUT2D eigenvalue weighted by Gasteiger charge is -2.10. The van der Waals surface area contributed by atoms with Crippen LogP contribution < -0.4 is 5.32 Å². The van der Waals surface area contributed by atoms with Gasteiger partial charge in [-0.2, -0.15) is 8.42 Å². The summed E-state index contributed by atoms with van der Waals surface area (Å²) in [5.74, 6) is -0.794. The zero-order valence-electron chi connectivity index (χ0n) is 13.4. The molecule has 2 rings (SSSR count). The number of rotatable bonds is 6. The van der Waals surface area contributed by atoms with Gasteiger partial charge in [-0.1, -0.05) is 11.6 Å². The van der Waals surface area contributed by atoms with E-state index >= 15 is 0 Å². The minimum Gasteiger partial charge on any atom is -0.355 e. The molecule has 2 N–H and O–H groups in total. The van der Waals surface area contributed by atoms with Gasteiger partial charge in [-0.25, -0.2) is 0 Å². The highest BCUT2D eigenvalue weighted by Gasteiger charge is 2.14. The third-order valence-electron chi connectivity index (χ3n) is 3.65. The molecule has 0 unspecified atom stereocenters. The van der Waals surface area contributed by atoms with Crippen molar-refractivity contribution in [2.75, 3.05) is 12.3 Å². The number of hydrogen-bond donors (Lipinski definition) is 2. The molecule has 0 saturated heterocycles. The Morgan fingerprint density at radius 3 is 2.46 bits per heavy atom. The molecule has 1 heterocycles. The lowest BCUT2D eigenvalue weighted by molar-refractivity contribution is -0.120. The first-order chi connectivity index (χ1) is 11.2. The fourth-order valence-electron chi connectivity index (χ4n) is 2.55. The number of carbonyl (C=O) groups excluding carboxylic acids is 1. The van der Waals surface area contributed by atoms with Crippen LogP contribution in [0, 0.1) is 13.8 Å². The van der Waals surface area contributed by atoms with Crippen LogP contribution in [0.3, 0.4) is 0 Å². The zero-order chi connectivity index (χ0) is 17.9. The van der Waals surface area contributed by atoms with Gasteiger partial charge in [0.2, 0.25) is 5.91 Å². The summed E-state index contributed by atoms with van der Waals surface area (Å²) in [5, 5.41) is 3.14. The van der Waals surface area contributed by atoms with Gasteiger partial charge >= 0.3 is 0 Å². The van der Waals surface area contributed by atoms with Gasteiger partial charge < -0.3 is 9.88 Å². The Bertz CT molecular complexity index is 842. The number of carbonyl (C=O) groups is 1. The van der Waals surface area contributed by atoms with E-state index in [2.05, 4.69) is 5.32 Å². The molecule has 8 heteroatoms. The molecule has 0 saturated carbocycles. The number of halogens is 1. The number of nitrogens with one attached hydrogen (secondary N) is 1. The Morgan fingerprint density at radius 2 is 1.88 bits per heavy atom. The number of hydrogen-bond acceptors (Lipinski definition) is 3. The Hall–Kier alpha value is -1.83. The van der Waals surface area contributed by atoms with Crippen LogP contribution in [0.15, 0.2) is 30.3 Å². The highest BCUT2D eigenvalue weighted by molar-refractivity contribution is 7.85. The minimum absolute atomic E-state index is 0.117. The van der Waals surface area contributed by atoms with E-state index in [4.69, 9.17) is 16.2 Å². The number of amides is 1. The van der Waals surface area contributed by atoms with Crippen molar-refractivity contribution in [3.05, 3.63) is 52.3 Å². The van der Waals surface area contributed by atoms with E-state index in [0.29, 0.717) is 5.02 Å². The highest BCUT2D eigenvalue weighted by Crippen LogP contribution is 2.22. The van der Waals surface area contributed by atoms with E-state index in [0.717, 1.165) is 22.6 Å². The topological polar surface area (TPSA) is 88.4 Å². The van der Waals surface area contributed by atoms with Gasteiger partial charge in [0.15, 0.2) is 0 Å². The zero-order valence-corrected chi connectivity index (χ0v) is 15.0. The molecule has 0 radical (unpaired) electrons. The number of aryl methyl sites for hydroxylation is 1. The molecule has 1 aromatic carbocycles. The van der Waals surface area contributed by atoms with Crippen LogP contribution in [-0.2, 0) is 21.3 Å². The molecular formula is C16H19ClN2O4S. The minimum atomic E-state index is -4.07. The first-order valence-corrected chi connectivity index (χ1v) is 9.32. The maximum atomic E-state index is 11.9. The van der Waals surface area contributed by atoms with Crippen molar-refractivity contribution in [3.8, 4) is 5.69 Å². The van der Waals surface area contributed by atoms with Crippen LogP contribution in [-0.4, -0.2) is 35.7 Å². The van der Waals surface area contributed by atoms with Gasteiger partial charge in [-0.3, -0.25) is 9.35 Å². The molecule has 0 aliphatic heterocycles. The first kappa shape index (κ1) is 18.5. The second-order valence-electron chi connectivity index (χ2n) is 5.52. The van der Waals surface area contributed by atoms with Crippen LogP contribution in [0.25, 0.3) is 5.69 Å². The molecule has 2 aromatic rings. The first-order valence-electron chi connectivity index (χ1n) is 7.33. The van der Waals surface area contributed by atoms with Gasteiger partial charge in [0, 0.05) is 28.6 Å². The van der Waals surface area contributed by atoms with Crippen molar-refractivity contribution in [2.24, 2.45) is 0 Å². The van der Waals surface area contributed by atoms with Gasteiger partial charge in [0.05, 0.1) is 12.2 Å². The van der Waals surface area contributed by atoms with Crippen molar-refractivity contribution in [3.63, 3.8) is 0 Å². The maximum Gasteiger partial charge on any atom is 0.266 e. The monoisotopic (exact) mass is 370 g/mol. The number of nitrogens with zero attached hydrogens (tertiary/aromatic N) is 1. The van der Waals surface area contributed by atoms with E-state index in [1.165, 1.54) is 0 Å². The maximum absolute atomic E-state index is 11.9. The van der Waals surface area contributed by atoms with Crippen LogP contribution in [0.4, 0.5) is 0 Å². The van der Waals surface area contributed by atoms with Gasteiger partial charge in [0.1, 0.15) is 0 Å². The Balaban J connectivity index is 2.11. The standard InChI is InChI=1S/C16H19ClN2O4S/c1-11-9-13(10-16(20)18-7-8-24(21,22)23)12(2)19(11)15-5-3-14(17)4-6-15/h3-6,9H,7-8,10H2,1-2H3,(H,18,20)(H,21,22,23). The van der Waals surface area contributed by atoms with Crippen molar-refractivity contribution in [1.82, 2.24) is 9.88 Å². The molecule has 24 heavy (non-hydrogen) atoms. The molecule has 0 spiro atoms. The van der Waals surface area contributed by atoms with Crippen LogP contribution in [0.5, 0.6) is 0 Å². The normalized spacial score (nSPS) is 11.5. The van der Waals surface area contributed by atoms with Crippen LogP contribution >= 0.6 is 11.6 Å². The van der Waals surface area contributed by atoms with Gasteiger partial charge in [-0.15, -0.1) is 0 Å². The van der Waals surface area contributed by atoms with Crippen LogP contribution in [0.2, 0.25) is 5.02 Å². The third kappa shape index (κ3) is 4.83. The largest absolute Gasteiger partial charge is 0.355 e. The molecule has 0 atom stereocenters. The average molecular weight is 371 g/mol. The quantitative estimate of drug-likeness (QED) is 0.763. The molecule has 0 fully saturated rings. The number of benzene rings is 1.